The summed E-state index contributed by atoms with van der Waals surface area (Å²) in [5.74, 6) is -0.336. The highest BCUT2D eigenvalue weighted by Gasteiger charge is 2.23. The van der Waals surface area contributed by atoms with Crippen LogP contribution in [-0.4, -0.2) is 13.0 Å². The fourth-order valence-corrected chi connectivity index (χ4v) is 3.80. The summed E-state index contributed by atoms with van der Waals surface area (Å²) in [7, 11) is 1.84. The quantitative estimate of drug-likeness (QED) is 0.912. The Morgan fingerprint density at radius 3 is 2.86 bits per heavy atom. The van der Waals surface area contributed by atoms with Crippen molar-refractivity contribution in [1.82, 2.24) is 5.32 Å². The summed E-state index contributed by atoms with van der Waals surface area (Å²) >= 11 is 1.62. The first-order chi connectivity index (χ1) is 10.1. The zero-order valence-electron chi connectivity index (χ0n) is 12.0. The van der Waals surface area contributed by atoms with Crippen LogP contribution in [0.4, 0.5) is 10.1 Å². The van der Waals surface area contributed by atoms with Crippen molar-refractivity contribution in [3.05, 3.63) is 51.0 Å². The van der Waals surface area contributed by atoms with Gasteiger partial charge in [0.25, 0.3) is 0 Å². The van der Waals surface area contributed by atoms with Crippen molar-refractivity contribution in [2.75, 3.05) is 12.4 Å². The Hall–Kier alpha value is -1.72. The summed E-state index contributed by atoms with van der Waals surface area (Å²) in [6, 6.07) is 5.20. The lowest BCUT2D eigenvalue weighted by Gasteiger charge is -2.22. The average Bonchev–Trinajstić information content (AvgIpc) is 2.87. The largest absolute Gasteiger partial charge is 0.326 e. The third kappa shape index (κ3) is 2.59. The van der Waals surface area contributed by atoms with E-state index >= 15 is 0 Å². The molecular weight excluding hydrogens is 287 g/mol. The van der Waals surface area contributed by atoms with Crippen LogP contribution in [0.25, 0.3) is 0 Å². The number of hydrogen-bond donors (Lipinski definition) is 2. The van der Waals surface area contributed by atoms with Crippen molar-refractivity contribution in [2.45, 2.75) is 25.8 Å². The smallest absolute Gasteiger partial charge is 0.224 e. The van der Waals surface area contributed by atoms with Crippen LogP contribution in [0.1, 0.15) is 34.0 Å². The van der Waals surface area contributed by atoms with Gasteiger partial charge in [-0.2, -0.15) is 0 Å². The summed E-state index contributed by atoms with van der Waals surface area (Å²) in [6.45, 7) is 2.03. The number of anilines is 1. The van der Waals surface area contributed by atoms with Gasteiger partial charge >= 0.3 is 0 Å². The molecule has 5 heteroatoms. The molecule has 2 aromatic rings. The van der Waals surface area contributed by atoms with E-state index in [0.717, 1.165) is 16.0 Å². The van der Waals surface area contributed by atoms with Gasteiger partial charge in [0.15, 0.2) is 0 Å². The summed E-state index contributed by atoms with van der Waals surface area (Å²) in [5.41, 5.74) is 3.40. The maximum Gasteiger partial charge on any atom is 0.224 e. The molecule has 1 aliphatic rings. The molecule has 1 aliphatic heterocycles. The van der Waals surface area contributed by atoms with Crippen molar-refractivity contribution in [1.29, 1.82) is 0 Å². The van der Waals surface area contributed by atoms with Crippen LogP contribution in [0, 0.1) is 12.7 Å². The maximum absolute atomic E-state index is 14.5. The van der Waals surface area contributed by atoms with Gasteiger partial charge in [0, 0.05) is 22.5 Å². The van der Waals surface area contributed by atoms with Crippen molar-refractivity contribution in [3.63, 3.8) is 0 Å². The first-order valence-corrected chi connectivity index (χ1v) is 7.81. The Morgan fingerprint density at radius 2 is 2.19 bits per heavy atom. The highest BCUT2D eigenvalue weighted by atomic mass is 32.1. The zero-order chi connectivity index (χ0) is 15.0. The highest BCUT2D eigenvalue weighted by Crippen LogP contribution is 2.34. The number of carbonyl (C=O) groups excluding carboxylic acids is 1. The van der Waals surface area contributed by atoms with E-state index in [1.165, 1.54) is 6.07 Å². The van der Waals surface area contributed by atoms with Crippen molar-refractivity contribution >= 4 is 22.9 Å². The molecule has 110 valence electrons. The topological polar surface area (TPSA) is 41.1 Å². The lowest BCUT2D eigenvalue weighted by Crippen LogP contribution is -2.22. The van der Waals surface area contributed by atoms with E-state index in [-0.39, 0.29) is 17.8 Å². The first-order valence-electron chi connectivity index (χ1n) is 6.93. The second kappa shape index (κ2) is 5.58. The molecule has 2 heterocycles. The molecule has 0 spiro atoms. The van der Waals surface area contributed by atoms with Crippen LogP contribution in [-0.2, 0) is 11.2 Å². The number of thiophene rings is 1. The summed E-state index contributed by atoms with van der Waals surface area (Å²) in [5, 5.41) is 7.95. The summed E-state index contributed by atoms with van der Waals surface area (Å²) in [6.07, 6.45) is 1.12. The van der Waals surface area contributed by atoms with E-state index < -0.39 is 0 Å². The molecule has 3 nitrogen and oxygen atoms in total. The van der Waals surface area contributed by atoms with Gasteiger partial charge in [-0.15, -0.1) is 11.3 Å². The van der Waals surface area contributed by atoms with Gasteiger partial charge in [0.1, 0.15) is 5.82 Å². The SMILES string of the molecule is CNC(c1cc2c(cc1F)NC(=O)CC2)c1sccc1C. The second-order valence-electron chi connectivity index (χ2n) is 5.27. The lowest BCUT2D eigenvalue weighted by molar-refractivity contribution is -0.116. The first kappa shape index (κ1) is 14.2. The van der Waals surface area contributed by atoms with Crippen molar-refractivity contribution < 1.29 is 9.18 Å². The Bertz CT molecular complexity index is 696. The predicted octanol–water partition coefficient (Wildman–Crippen LogP) is 3.39. The average molecular weight is 304 g/mol. The van der Waals surface area contributed by atoms with Crippen molar-refractivity contribution in [2.24, 2.45) is 0 Å². The summed E-state index contributed by atoms with van der Waals surface area (Å²) < 4.78 is 14.5. The number of aryl methyl sites for hydroxylation is 2. The number of benzene rings is 1. The molecule has 1 aromatic carbocycles. The molecule has 0 bridgehead atoms. The molecule has 0 saturated carbocycles. The van der Waals surface area contributed by atoms with Gasteiger partial charge in [-0.3, -0.25) is 4.79 Å². The number of amides is 1. The van der Waals surface area contributed by atoms with Crippen LogP contribution < -0.4 is 10.6 Å². The zero-order valence-corrected chi connectivity index (χ0v) is 12.8. The molecule has 3 rings (SSSR count). The van der Waals surface area contributed by atoms with Gasteiger partial charge in [0.2, 0.25) is 5.91 Å². The van der Waals surface area contributed by atoms with E-state index in [1.807, 2.05) is 31.5 Å². The number of rotatable bonds is 3. The Balaban J connectivity index is 2.05. The third-order valence-electron chi connectivity index (χ3n) is 3.88. The van der Waals surface area contributed by atoms with Crippen molar-refractivity contribution in [3.8, 4) is 0 Å². The van der Waals surface area contributed by atoms with E-state index in [9.17, 15) is 9.18 Å². The van der Waals surface area contributed by atoms with Gasteiger partial charge in [0.05, 0.1) is 6.04 Å². The van der Waals surface area contributed by atoms with Crippen LogP contribution >= 0.6 is 11.3 Å². The summed E-state index contributed by atoms with van der Waals surface area (Å²) in [4.78, 5) is 12.5. The number of carbonyl (C=O) groups is 1. The van der Waals surface area contributed by atoms with Gasteiger partial charge in [-0.1, -0.05) is 0 Å². The number of hydrogen-bond acceptors (Lipinski definition) is 3. The molecule has 0 fully saturated rings. The Labute approximate surface area is 127 Å². The number of fused-ring (bicyclic) bond motifs is 1. The molecule has 1 atom stereocenters. The standard InChI is InChI=1S/C16H17FN2OS/c1-9-5-6-21-16(9)15(18-2)11-7-10-3-4-14(20)19-13(10)8-12(11)17/h5-8,15,18H,3-4H2,1-2H3,(H,19,20). The molecule has 1 unspecified atom stereocenters. The molecular formula is C16H17FN2OS. The minimum Gasteiger partial charge on any atom is -0.326 e. The third-order valence-corrected chi connectivity index (χ3v) is 4.97. The maximum atomic E-state index is 14.5. The van der Waals surface area contributed by atoms with E-state index in [1.54, 1.807) is 11.3 Å². The van der Waals surface area contributed by atoms with E-state index in [0.29, 0.717) is 24.1 Å². The molecule has 0 aliphatic carbocycles. The van der Waals surface area contributed by atoms with Crippen LogP contribution in [0.3, 0.4) is 0 Å². The monoisotopic (exact) mass is 304 g/mol. The highest BCUT2D eigenvalue weighted by molar-refractivity contribution is 7.10. The fraction of sp³-hybridized carbons (Fsp3) is 0.312. The fourth-order valence-electron chi connectivity index (χ4n) is 2.75. The predicted molar refractivity (Wildman–Crippen MR) is 83.3 cm³/mol. The van der Waals surface area contributed by atoms with Crippen LogP contribution in [0.15, 0.2) is 23.6 Å². The second-order valence-corrected chi connectivity index (χ2v) is 6.22. The normalized spacial score (nSPS) is 15.5. The number of halogens is 1. The molecule has 0 radical (unpaired) electrons. The molecule has 1 aromatic heterocycles. The Kier molecular flexibility index (Phi) is 3.78. The van der Waals surface area contributed by atoms with Crippen LogP contribution in [0.5, 0.6) is 0 Å². The van der Waals surface area contributed by atoms with Crippen LogP contribution in [0.2, 0.25) is 0 Å². The minimum absolute atomic E-state index is 0.0473. The molecule has 1 amide bonds. The molecule has 2 N–H and O–H groups in total. The van der Waals surface area contributed by atoms with Gasteiger partial charge in [-0.05, 0) is 55.1 Å². The van der Waals surface area contributed by atoms with Gasteiger partial charge in [-0.25, -0.2) is 4.39 Å². The molecule has 21 heavy (non-hydrogen) atoms. The Morgan fingerprint density at radius 1 is 1.38 bits per heavy atom. The molecule has 0 saturated heterocycles. The lowest BCUT2D eigenvalue weighted by atomic mass is 9.95. The van der Waals surface area contributed by atoms with E-state index in [4.69, 9.17) is 0 Å². The van der Waals surface area contributed by atoms with Gasteiger partial charge < -0.3 is 10.6 Å². The number of nitrogens with one attached hydrogen (secondary N) is 2. The van der Waals surface area contributed by atoms with E-state index in [2.05, 4.69) is 10.6 Å². The minimum atomic E-state index is -0.289.